The van der Waals surface area contributed by atoms with E-state index in [2.05, 4.69) is 5.32 Å². The van der Waals surface area contributed by atoms with Gasteiger partial charge in [-0.05, 0) is 43.7 Å². The summed E-state index contributed by atoms with van der Waals surface area (Å²) in [5.41, 5.74) is -0.879. The topological polar surface area (TPSA) is 49.3 Å². The zero-order valence-electron chi connectivity index (χ0n) is 11.7. The normalized spacial score (nSPS) is 25.8. The van der Waals surface area contributed by atoms with Gasteiger partial charge >= 0.3 is 0 Å². The molecule has 1 aliphatic rings. The Balaban J connectivity index is 2.22. The number of aliphatic hydroxyl groups excluding tert-OH is 1. The van der Waals surface area contributed by atoms with E-state index in [4.69, 9.17) is 0 Å². The molecule has 0 aromatic heterocycles. The lowest BCUT2D eigenvalue weighted by molar-refractivity contribution is 0.0829. The highest BCUT2D eigenvalue weighted by Crippen LogP contribution is 2.34. The molecule has 2 unspecified atom stereocenters. The van der Waals surface area contributed by atoms with Gasteiger partial charge in [-0.15, -0.1) is 0 Å². The molecule has 0 spiro atoms. The van der Waals surface area contributed by atoms with Crippen molar-refractivity contribution in [1.29, 1.82) is 0 Å². The molecule has 2 atom stereocenters. The maximum absolute atomic E-state index is 13.8. The van der Waals surface area contributed by atoms with Gasteiger partial charge in [-0.3, -0.25) is 4.79 Å². The summed E-state index contributed by atoms with van der Waals surface area (Å²) < 4.78 is 27.3. The second-order valence-electron chi connectivity index (χ2n) is 5.80. The van der Waals surface area contributed by atoms with Crippen molar-refractivity contribution < 1.29 is 18.7 Å². The van der Waals surface area contributed by atoms with Crippen LogP contribution in [0.4, 0.5) is 8.78 Å². The molecule has 1 fully saturated rings. The number of aryl methyl sites for hydroxylation is 1. The number of hydrogen-bond donors (Lipinski definition) is 2. The number of amides is 1. The lowest BCUT2D eigenvalue weighted by Gasteiger charge is -2.28. The van der Waals surface area contributed by atoms with Crippen molar-refractivity contribution in [3.63, 3.8) is 0 Å². The van der Waals surface area contributed by atoms with E-state index in [0.29, 0.717) is 18.8 Å². The first-order valence-electron chi connectivity index (χ1n) is 6.76. The molecule has 20 heavy (non-hydrogen) atoms. The number of rotatable bonds is 3. The van der Waals surface area contributed by atoms with Gasteiger partial charge in [0.15, 0.2) is 11.6 Å². The molecule has 5 heteroatoms. The Morgan fingerprint density at radius 3 is 2.70 bits per heavy atom. The third-order valence-corrected chi connectivity index (χ3v) is 4.06. The molecule has 1 aromatic carbocycles. The fraction of sp³-hybridized carbons (Fsp3) is 0.533. The summed E-state index contributed by atoms with van der Waals surface area (Å²) in [5, 5.41) is 12.2. The van der Waals surface area contributed by atoms with Crippen LogP contribution in [0, 0.1) is 24.5 Å². The van der Waals surface area contributed by atoms with Crippen LogP contribution in [0.1, 0.15) is 42.1 Å². The second kappa shape index (κ2) is 5.48. The zero-order valence-corrected chi connectivity index (χ0v) is 11.7. The van der Waals surface area contributed by atoms with Crippen molar-refractivity contribution in [3.05, 3.63) is 34.9 Å². The molecule has 0 bridgehead atoms. The first-order chi connectivity index (χ1) is 9.38. The van der Waals surface area contributed by atoms with Crippen LogP contribution in [0.2, 0.25) is 0 Å². The Labute approximate surface area is 117 Å². The van der Waals surface area contributed by atoms with Gasteiger partial charge in [-0.25, -0.2) is 8.78 Å². The third kappa shape index (κ3) is 2.68. The van der Waals surface area contributed by atoms with Crippen LogP contribution < -0.4 is 5.32 Å². The van der Waals surface area contributed by atoms with Crippen molar-refractivity contribution in [2.24, 2.45) is 5.92 Å². The molecule has 1 aliphatic carbocycles. The van der Waals surface area contributed by atoms with Crippen molar-refractivity contribution in [2.45, 2.75) is 38.6 Å². The molecule has 2 rings (SSSR count). The van der Waals surface area contributed by atoms with Gasteiger partial charge < -0.3 is 10.4 Å². The summed E-state index contributed by atoms with van der Waals surface area (Å²) in [6.07, 6.45) is 2.18. The van der Waals surface area contributed by atoms with E-state index in [9.17, 15) is 18.7 Å². The van der Waals surface area contributed by atoms with Crippen molar-refractivity contribution >= 4 is 5.91 Å². The Hall–Kier alpha value is -1.49. The molecule has 3 nitrogen and oxygen atoms in total. The fourth-order valence-electron chi connectivity index (χ4n) is 2.82. The summed E-state index contributed by atoms with van der Waals surface area (Å²) in [6, 6.07) is 2.64. The van der Waals surface area contributed by atoms with Crippen LogP contribution in [0.25, 0.3) is 0 Å². The predicted molar refractivity (Wildman–Crippen MR) is 71.4 cm³/mol. The van der Waals surface area contributed by atoms with Crippen molar-refractivity contribution in [3.8, 4) is 0 Å². The number of nitrogens with one attached hydrogen (secondary N) is 1. The van der Waals surface area contributed by atoms with Gasteiger partial charge in [-0.2, -0.15) is 0 Å². The second-order valence-corrected chi connectivity index (χ2v) is 5.80. The average molecular weight is 283 g/mol. The summed E-state index contributed by atoms with van der Waals surface area (Å²) in [4.78, 5) is 12.1. The maximum Gasteiger partial charge on any atom is 0.254 e. The van der Waals surface area contributed by atoms with E-state index >= 15 is 0 Å². The Bertz CT molecular complexity index is 533. The molecule has 110 valence electrons. The molecular formula is C15H19F2NO2. The fourth-order valence-corrected chi connectivity index (χ4v) is 2.82. The Kier molecular flexibility index (Phi) is 4.09. The standard InChI is InChI=1S/C15H19F2NO2/c1-9-5-6-15(7-9,8-19)18-14(20)11-4-3-10(2)12(16)13(11)17/h3-4,9,19H,5-8H2,1-2H3,(H,18,20). The third-order valence-electron chi connectivity index (χ3n) is 4.06. The molecule has 1 saturated carbocycles. The Morgan fingerprint density at radius 2 is 2.15 bits per heavy atom. The molecule has 0 heterocycles. The smallest absolute Gasteiger partial charge is 0.254 e. The number of carbonyl (C=O) groups excluding carboxylic acids is 1. The molecule has 2 N–H and O–H groups in total. The molecule has 0 saturated heterocycles. The van der Waals surface area contributed by atoms with E-state index in [0.717, 1.165) is 6.42 Å². The number of halogens is 2. The van der Waals surface area contributed by atoms with Crippen LogP contribution in [-0.4, -0.2) is 23.2 Å². The highest BCUT2D eigenvalue weighted by atomic mass is 19.2. The molecule has 1 aromatic rings. The van der Waals surface area contributed by atoms with Crippen molar-refractivity contribution in [2.75, 3.05) is 6.61 Å². The first-order valence-corrected chi connectivity index (χ1v) is 6.76. The minimum absolute atomic E-state index is 0.158. The first kappa shape index (κ1) is 14.9. The zero-order chi connectivity index (χ0) is 14.9. The van der Waals surface area contributed by atoms with Gasteiger partial charge in [0.1, 0.15) is 0 Å². The van der Waals surface area contributed by atoms with Crippen LogP contribution in [-0.2, 0) is 0 Å². The van der Waals surface area contributed by atoms with E-state index < -0.39 is 23.1 Å². The molecule has 1 amide bonds. The van der Waals surface area contributed by atoms with E-state index in [1.807, 2.05) is 6.92 Å². The number of benzene rings is 1. The predicted octanol–water partition coefficient (Wildman–Crippen LogP) is 2.55. The molecular weight excluding hydrogens is 264 g/mol. The molecule has 0 aliphatic heterocycles. The van der Waals surface area contributed by atoms with Crippen LogP contribution in [0.15, 0.2) is 12.1 Å². The van der Waals surface area contributed by atoms with Crippen LogP contribution in [0.3, 0.4) is 0 Å². The number of carbonyl (C=O) groups is 1. The summed E-state index contributed by atoms with van der Waals surface area (Å²) in [5.74, 6) is -2.43. The van der Waals surface area contributed by atoms with E-state index in [-0.39, 0.29) is 17.7 Å². The minimum Gasteiger partial charge on any atom is -0.394 e. The maximum atomic E-state index is 13.8. The quantitative estimate of drug-likeness (QED) is 0.895. The van der Waals surface area contributed by atoms with Gasteiger partial charge in [0.25, 0.3) is 5.91 Å². The number of aliphatic hydroxyl groups is 1. The highest BCUT2D eigenvalue weighted by molar-refractivity contribution is 5.95. The van der Waals surface area contributed by atoms with E-state index in [1.165, 1.54) is 19.1 Å². The Morgan fingerprint density at radius 1 is 1.45 bits per heavy atom. The summed E-state index contributed by atoms with van der Waals surface area (Å²) >= 11 is 0. The average Bonchev–Trinajstić information content (AvgIpc) is 2.78. The lowest BCUT2D eigenvalue weighted by Crippen LogP contribution is -2.49. The van der Waals surface area contributed by atoms with Crippen LogP contribution >= 0.6 is 0 Å². The van der Waals surface area contributed by atoms with Gasteiger partial charge in [0.2, 0.25) is 0 Å². The summed E-state index contributed by atoms with van der Waals surface area (Å²) in [7, 11) is 0. The van der Waals surface area contributed by atoms with Crippen LogP contribution in [0.5, 0.6) is 0 Å². The number of hydrogen-bond acceptors (Lipinski definition) is 2. The van der Waals surface area contributed by atoms with Gasteiger partial charge in [0.05, 0.1) is 17.7 Å². The lowest BCUT2D eigenvalue weighted by atomic mass is 9.96. The summed E-state index contributed by atoms with van der Waals surface area (Å²) in [6.45, 7) is 3.28. The largest absolute Gasteiger partial charge is 0.394 e. The van der Waals surface area contributed by atoms with Gasteiger partial charge in [0, 0.05) is 0 Å². The molecule has 0 radical (unpaired) electrons. The SMILES string of the molecule is Cc1ccc(C(=O)NC2(CO)CCC(C)C2)c(F)c1F. The van der Waals surface area contributed by atoms with Gasteiger partial charge in [-0.1, -0.05) is 13.0 Å². The van der Waals surface area contributed by atoms with E-state index in [1.54, 1.807) is 0 Å². The van der Waals surface area contributed by atoms with Crippen molar-refractivity contribution in [1.82, 2.24) is 5.32 Å². The highest BCUT2D eigenvalue weighted by Gasteiger charge is 2.38. The minimum atomic E-state index is -1.14. The monoisotopic (exact) mass is 283 g/mol.